The number of alkyl halides is 3. The monoisotopic (exact) mass is 265 g/mol. The van der Waals surface area contributed by atoms with E-state index in [-0.39, 0.29) is 5.56 Å². The molecule has 0 saturated carbocycles. The second-order valence-electron chi connectivity index (χ2n) is 3.91. The van der Waals surface area contributed by atoms with Gasteiger partial charge in [0.15, 0.2) is 5.69 Å². The molecule has 2 rings (SSSR count). The van der Waals surface area contributed by atoms with E-state index in [0.717, 1.165) is 6.07 Å². The first-order valence-electron chi connectivity index (χ1n) is 5.63. The fraction of sp³-hybridized carbons (Fsp3) is 0.231. The van der Waals surface area contributed by atoms with Crippen LogP contribution in [0.25, 0.3) is 5.69 Å². The lowest BCUT2D eigenvalue weighted by Crippen LogP contribution is -2.08. The summed E-state index contributed by atoms with van der Waals surface area (Å²) in [6, 6.07) is 9.39. The molecule has 3 nitrogen and oxygen atoms in total. The van der Waals surface area contributed by atoms with Crippen molar-refractivity contribution in [2.75, 3.05) is 0 Å². The molecule has 0 aliphatic carbocycles. The molecule has 2 aromatic rings. The van der Waals surface area contributed by atoms with Crippen LogP contribution in [0.4, 0.5) is 13.2 Å². The molecule has 0 bridgehead atoms. The number of hydrogen-bond acceptors (Lipinski definition) is 2. The molecular weight excluding hydrogens is 255 g/mol. The van der Waals surface area contributed by atoms with Crippen LogP contribution >= 0.6 is 0 Å². The van der Waals surface area contributed by atoms with Crippen molar-refractivity contribution < 1.29 is 13.2 Å². The zero-order valence-corrected chi connectivity index (χ0v) is 10.1. The molecular formula is C13H10F3N3. The number of aryl methyl sites for hydroxylation is 1. The Morgan fingerprint density at radius 3 is 2.58 bits per heavy atom. The third kappa shape index (κ3) is 2.45. The van der Waals surface area contributed by atoms with Crippen molar-refractivity contribution in [2.45, 2.75) is 19.5 Å². The third-order valence-corrected chi connectivity index (χ3v) is 2.69. The quantitative estimate of drug-likeness (QED) is 0.835. The summed E-state index contributed by atoms with van der Waals surface area (Å²) in [5.74, 6) is 0. The van der Waals surface area contributed by atoms with Crippen LogP contribution in [-0.4, -0.2) is 9.78 Å². The number of nitrogens with zero attached hydrogens (tertiary/aromatic N) is 3. The number of hydrogen-bond donors (Lipinski definition) is 0. The summed E-state index contributed by atoms with van der Waals surface area (Å²) >= 11 is 0. The molecule has 0 saturated heterocycles. The van der Waals surface area contributed by atoms with E-state index in [4.69, 9.17) is 5.26 Å². The van der Waals surface area contributed by atoms with Gasteiger partial charge in [-0.3, -0.25) is 0 Å². The van der Waals surface area contributed by atoms with Gasteiger partial charge >= 0.3 is 6.18 Å². The highest BCUT2D eigenvalue weighted by atomic mass is 19.4. The number of nitriles is 1. The Balaban J connectivity index is 2.62. The van der Waals surface area contributed by atoms with Gasteiger partial charge in [-0.05, 0) is 24.6 Å². The fourth-order valence-corrected chi connectivity index (χ4v) is 1.77. The fourth-order valence-electron chi connectivity index (χ4n) is 1.77. The van der Waals surface area contributed by atoms with Gasteiger partial charge in [-0.1, -0.05) is 19.1 Å². The topological polar surface area (TPSA) is 41.6 Å². The standard InChI is InChI=1S/C13H10F3N3/c1-2-10-7-12(13(14,15)16)18-19(10)11-6-4-3-5-9(11)8-17/h3-7H,2H2,1H3. The van der Waals surface area contributed by atoms with Gasteiger partial charge in [0.1, 0.15) is 6.07 Å². The van der Waals surface area contributed by atoms with Crippen LogP contribution in [0.5, 0.6) is 0 Å². The summed E-state index contributed by atoms with van der Waals surface area (Å²) in [6.07, 6.45) is -4.10. The molecule has 1 aromatic carbocycles. The van der Waals surface area contributed by atoms with Crippen LogP contribution in [0.1, 0.15) is 23.9 Å². The Hall–Kier alpha value is -2.29. The van der Waals surface area contributed by atoms with E-state index < -0.39 is 11.9 Å². The Morgan fingerprint density at radius 1 is 1.32 bits per heavy atom. The van der Waals surface area contributed by atoms with Gasteiger partial charge in [-0.15, -0.1) is 0 Å². The van der Waals surface area contributed by atoms with E-state index in [1.165, 1.54) is 4.68 Å². The van der Waals surface area contributed by atoms with Gasteiger partial charge in [-0.2, -0.15) is 23.5 Å². The van der Waals surface area contributed by atoms with E-state index in [2.05, 4.69) is 5.10 Å². The first-order chi connectivity index (χ1) is 8.97. The first-order valence-corrected chi connectivity index (χ1v) is 5.63. The highest BCUT2D eigenvalue weighted by molar-refractivity contribution is 5.49. The minimum absolute atomic E-state index is 0.286. The van der Waals surface area contributed by atoms with Crippen molar-refractivity contribution in [3.63, 3.8) is 0 Å². The normalized spacial score (nSPS) is 11.3. The van der Waals surface area contributed by atoms with Crippen LogP contribution in [0.2, 0.25) is 0 Å². The molecule has 0 fully saturated rings. The molecule has 0 radical (unpaired) electrons. The molecule has 19 heavy (non-hydrogen) atoms. The highest BCUT2D eigenvalue weighted by Gasteiger charge is 2.35. The Labute approximate surface area is 107 Å². The number of benzene rings is 1. The predicted octanol–water partition coefficient (Wildman–Crippen LogP) is 3.33. The van der Waals surface area contributed by atoms with Gasteiger partial charge in [0.25, 0.3) is 0 Å². The van der Waals surface area contributed by atoms with Crippen LogP contribution in [-0.2, 0) is 12.6 Å². The average molecular weight is 265 g/mol. The average Bonchev–Trinajstić information content (AvgIpc) is 2.82. The van der Waals surface area contributed by atoms with Gasteiger partial charge in [0, 0.05) is 5.69 Å². The molecule has 0 aliphatic rings. The van der Waals surface area contributed by atoms with Crippen LogP contribution in [0, 0.1) is 11.3 Å². The van der Waals surface area contributed by atoms with Crippen LogP contribution < -0.4 is 0 Å². The van der Waals surface area contributed by atoms with Crippen molar-refractivity contribution in [2.24, 2.45) is 0 Å². The SMILES string of the molecule is CCc1cc(C(F)(F)F)nn1-c1ccccc1C#N. The largest absolute Gasteiger partial charge is 0.435 e. The minimum atomic E-state index is -4.49. The Morgan fingerprint density at radius 2 is 2.00 bits per heavy atom. The summed E-state index contributed by atoms with van der Waals surface area (Å²) in [4.78, 5) is 0. The zero-order valence-electron chi connectivity index (χ0n) is 10.1. The van der Waals surface area contributed by atoms with E-state index in [9.17, 15) is 13.2 Å². The number of halogens is 3. The van der Waals surface area contributed by atoms with E-state index in [0.29, 0.717) is 17.8 Å². The van der Waals surface area contributed by atoms with Gasteiger partial charge in [0.2, 0.25) is 0 Å². The van der Waals surface area contributed by atoms with E-state index in [1.807, 2.05) is 6.07 Å². The summed E-state index contributed by atoms with van der Waals surface area (Å²) < 4.78 is 39.2. The molecule has 98 valence electrons. The van der Waals surface area contributed by atoms with Crippen molar-refractivity contribution in [3.8, 4) is 11.8 Å². The number of para-hydroxylation sites is 1. The summed E-state index contributed by atoms with van der Waals surface area (Å²) in [5, 5.41) is 12.6. The second kappa shape index (κ2) is 4.76. The molecule has 0 amide bonds. The Bertz CT molecular complexity index is 635. The smallest absolute Gasteiger partial charge is 0.236 e. The van der Waals surface area contributed by atoms with E-state index >= 15 is 0 Å². The van der Waals surface area contributed by atoms with Crippen LogP contribution in [0.15, 0.2) is 30.3 Å². The lowest BCUT2D eigenvalue weighted by atomic mass is 10.2. The molecule has 1 aromatic heterocycles. The van der Waals surface area contributed by atoms with Crippen molar-refractivity contribution in [1.82, 2.24) is 9.78 Å². The molecule has 1 heterocycles. The predicted molar refractivity (Wildman–Crippen MR) is 62.7 cm³/mol. The van der Waals surface area contributed by atoms with Crippen molar-refractivity contribution in [1.29, 1.82) is 5.26 Å². The molecule has 0 spiro atoms. The maximum atomic E-state index is 12.7. The number of aromatic nitrogens is 2. The molecule has 0 unspecified atom stereocenters. The maximum Gasteiger partial charge on any atom is 0.435 e. The number of rotatable bonds is 2. The lowest BCUT2D eigenvalue weighted by molar-refractivity contribution is -0.141. The molecule has 6 heteroatoms. The summed E-state index contributed by atoms with van der Waals surface area (Å²) in [7, 11) is 0. The highest BCUT2D eigenvalue weighted by Crippen LogP contribution is 2.30. The first kappa shape index (κ1) is 13.1. The van der Waals surface area contributed by atoms with Gasteiger partial charge in [-0.25, -0.2) is 4.68 Å². The molecule has 0 aliphatic heterocycles. The van der Waals surface area contributed by atoms with Crippen molar-refractivity contribution >= 4 is 0 Å². The van der Waals surface area contributed by atoms with Crippen LogP contribution in [0.3, 0.4) is 0 Å². The maximum absolute atomic E-state index is 12.7. The van der Waals surface area contributed by atoms with E-state index in [1.54, 1.807) is 31.2 Å². The van der Waals surface area contributed by atoms with Gasteiger partial charge in [0.05, 0.1) is 11.3 Å². The second-order valence-corrected chi connectivity index (χ2v) is 3.91. The summed E-state index contributed by atoms with van der Waals surface area (Å²) in [5.41, 5.74) is 0.110. The zero-order chi connectivity index (χ0) is 14.0. The third-order valence-electron chi connectivity index (χ3n) is 2.69. The molecule has 0 atom stereocenters. The van der Waals surface area contributed by atoms with Crippen molar-refractivity contribution in [3.05, 3.63) is 47.3 Å². The molecule has 0 N–H and O–H groups in total. The minimum Gasteiger partial charge on any atom is -0.236 e. The Kier molecular flexibility index (Phi) is 3.30. The van der Waals surface area contributed by atoms with Gasteiger partial charge < -0.3 is 0 Å². The lowest BCUT2D eigenvalue weighted by Gasteiger charge is -2.07. The summed E-state index contributed by atoms with van der Waals surface area (Å²) in [6.45, 7) is 1.74.